The van der Waals surface area contributed by atoms with Gasteiger partial charge in [-0.05, 0) is 62.8 Å². The van der Waals surface area contributed by atoms with Crippen molar-refractivity contribution in [2.24, 2.45) is 13.0 Å². The predicted octanol–water partition coefficient (Wildman–Crippen LogP) is 3.92. The van der Waals surface area contributed by atoms with Crippen LogP contribution in [0.15, 0.2) is 35.9 Å². The SMILES string of the molecule is C=Cc1nnn(C)c1-c1cnc2c3c(NS(=O)(=O)C4CC4)ccc(S(C)(=O)=O)c3n([C@H](C)C3CCOCC3)c2c1. The molecule has 13 heteroatoms. The topological polar surface area (TPSA) is 138 Å². The van der Waals surface area contributed by atoms with Gasteiger partial charge < -0.3 is 9.30 Å². The van der Waals surface area contributed by atoms with Crippen molar-refractivity contribution in [3.63, 3.8) is 0 Å². The Morgan fingerprint density at radius 1 is 1.15 bits per heavy atom. The number of pyridine rings is 1. The van der Waals surface area contributed by atoms with E-state index in [9.17, 15) is 16.8 Å². The fourth-order valence-corrected chi connectivity index (χ4v) is 8.07. The van der Waals surface area contributed by atoms with E-state index in [1.165, 1.54) is 18.4 Å². The summed E-state index contributed by atoms with van der Waals surface area (Å²) in [6.45, 7) is 7.19. The van der Waals surface area contributed by atoms with Gasteiger partial charge in [-0.1, -0.05) is 11.8 Å². The molecule has 1 N–H and O–H groups in total. The van der Waals surface area contributed by atoms with Gasteiger partial charge in [-0.3, -0.25) is 9.71 Å². The van der Waals surface area contributed by atoms with Crippen molar-refractivity contribution < 1.29 is 21.6 Å². The quantitative estimate of drug-likeness (QED) is 0.329. The van der Waals surface area contributed by atoms with E-state index in [1.807, 2.05) is 10.6 Å². The van der Waals surface area contributed by atoms with Gasteiger partial charge in [0.25, 0.3) is 0 Å². The molecule has 1 aliphatic carbocycles. The summed E-state index contributed by atoms with van der Waals surface area (Å²) >= 11 is 0. The number of nitrogens with one attached hydrogen (secondary N) is 1. The van der Waals surface area contributed by atoms with Crippen molar-refractivity contribution in [2.75, 3.05) is 24.2 Å². The van der Waals surface area contributed by atoms with Gasteiger partial charge in [0.1, 0.15) is 5.69 Å². The Balaban J connectivity index is 1.70. The number of aryl methyl sites for hydroxylation is 1. The summed E-state index contributed by atoms with van der Waals surface area (Å²) in [5.74, 6) is 0.220. The molecule has 2 fully saturated rings. The molecule has 3 aromatic heterocycles. The number of fused-ring (bicyclic) bond motifs is 3. The third kappa shape index (κ3) is 4.49. The minimum absolute atomic E-state index is 0.125. The molecule has 0 unspecified atom stereocenters. The van der Waals surface area contributed by atoms with Crippen molar-refractivity contribution in [3.8, 4) is 11.3 Å². The van der Waals surface area contributed by atoms with E-state index in [1.54, 1.807) is 24.0 Å². The summed E-state index contributed by atoms with van der Waals surface area (Å²) in [6.07, 6.45) is 7.34. The lowest BCUT2D eigenvalue weighted by Crippen LogP contribution is -2.24. The number of sulfonamides is 1. The number of ether oxygens (including phenoxy) is 1. The first-order chi connectivity index (χ1) is 19.0. The van der Waals surface area contributed by atoms with Crippen LogP contribution in [0.1, 0.15) is 44.3 Å². The lowest BCUT2D eigenvalue weighted by molar-refractivity contribution is 0.0524. The van der Waals surface area contributed by atoms with Crippen LogP contribution >= 0.6 is 0 Å². The van der Waals surface area contributed by atoms with Crippen LogP contribution in [0.5, 0.6) is 0 Å². The number of benzene rings is 1. The zero-order valence-electron chi connectivity index (χ0n) is 22.7. The standard InChI is InChI=1S/C27H32N6O5S2/c1-5-20-26(32(3)31-29-20)18-14-22-25(28-15-18)24-21(30-40(36,37)19-6-7-19)8-9-23(39(4,34)35)27(24)33(22)16(2)17-10-12-38-13-11-17/h5,8-9,14-17,19,30H,1,6-7,10-13H2,2-4H3/t16-/m1/s1. The molecule has 6 rings (SSSR count). The largest absolute Gasteiger partial charge is 0.381 e. The average molecular weight is 585 g/mol. The van der Waals surface area contributed by atoms with Crippen molar-refractivity contribution in [2.45, 2.75) is 48.8 Å². The average Bonchev–Trinajstić information content (AvgIpc) is 3.65. The van der Waals surface area contributed by atoms with Gasteiger partial charge in [0.15, 0.2) is 9.84 Å². The van der Waals surface area contributed by atoms with Crippen LogP contribution < -0.4 is 4.72 Å². The Kier molecular flexibility index (Phi) is 6.50. The maximum atomic E-state index is 13.1. The van der Waals surface area contributed by atoms with E-state index >= 15 is 0 Å². The zero-order valence-corrected chi connectivity index (χ0v) is 24.3. The molecule has 1 aromatic carbocycles. The summed E-state index contributed by atoms with van der Waals surface area (Å²) in [7, 11) is -5.53. The Labute approximate surface area is 233 Å². The highest BCUT2D eigenvalue weighted by molar-refractivity contribution is 7.93. The molecular weight excluding hydrogens is 552 g/mol. The summed E-state index contributed by atoms with van der Waals surface area (Å²) < 4.78 is 64.4. The van der Waals surface area contributed by atoms with Crippen LogP contribution in [0.2, 0.25) is 0 Å². The monoisotopic (exact) mass is 584 g/mol. The third-order valence-electron chi connectivity index (χ3n) is 8.04. The van der Waals surface area contributed by atoms with Gasteiger partial charge >= 0.3 is 0 Å². The first kappa shape index (κ1) is 26.9. The van der Waals surface area contributed by atoms with Crippen molar-refractivity contribution in [1.29, 1.82) is 0 Å². The van der Waals surface area contributed by atoms with E-state index in [2.05, 4.69) is 28.5 Å². The van der Waals surface area contributed by atoms with E-state index in [4.69, 9.17) is 9.72 Å². The van der Waals surface area contributed by atoms with Crippen LogP contribution in [-0.2, 0) is 31.6 Å². The van der Waals surface area contributed by atoms with Crippen LogP contribution in [-0.4, -0.2) is 66.1 Å². The first-order valence-corrected chi connectivity index (χ1v) is 16.7. The minimum atomic E-state index is -3.69. The third-order valence-corrected chi connectivity index (χ3v) is 11.0. The Morgan fingerprint density at radius 2 is 1.88 bits per heavy atom. The fraction of sp³-hybridized carbons (Fsp3) is 0.444. The normalized spacial score (nSPS) is 17.9. The maximum Gasteiger partial charge on any atom is 0.235 e. The molecule has 0 amide bonds. The van der Waals surface area contributed by atoms with Crippen LogP contribution in [0.3, 0.4) is 0 Å². The Hall–Kier alpha value is -3.29. The second-order valence-corrected chi connectivity index (χ2v) is 14.7. The van der Waals surface area contributed by atoms with Gasteiger partial charge in [0.2, 0.25) is 10.0 Å². The second-order valence-electron chi connectivity index (χ2n) is 10.8. The number of rotatable bonds is 8. The molecule has 1 atom stereocenters. The summed E-state index contributed by atoms with van der Waals surface area (Å²) in [4.78, 5) is 4.95. The fourth-order valence-electron chi connectivity index (χ4n) is 5.81. The molecule has 212 valence electrons. The molecule has 1 saturated heterocycles. The predicted molar refractivity (Wildman–Crippen MR) is 154 cm³/mol. The highest BCUT2D eigenvalue weighted by Crippen LogP contribution is 2.43. The Bertz CT molecular complexity index is 1870. The molecule has 40 heavy (non-hydrogen) atoms. The molecule has 0 radical (unpaired) electrons. The number of hydrogen-bond acceptors (Lipinski definition) is 8. The minimum Gasteiger partial charge on any atom is -0.381 e. The first-order valence-electron chi connectivity index (χ1n) is 13.3. The number of aromatic nitrogens is 5. The number of anilines is 1. The molecule has 0 spiro atoms. The number of sulfone groups is 1. The smallest absolute Gasteiger partial charge is 0.235 e. The van der Waals surface area contributed by atoms with Gasteiger partial charge in [-0.2, -0.15) is 0 Å². The molecule has 2 aliphatic rings. The van der Waals surface area contributed by atoms with Crippen molar-refractivity contribution in [1.82, 2.24) is 24.5 Å². The molecule has 0 bridgehead atoms. The molecule has 1 aliphatic heterocycles. The lowest BCUT2D eigenvalue weighted by Gasteiger charge is -2.30. The molecule has 1 saturated carbocycles. The molecular formula is C27H32N6O5S2. The van der Waals surface area contributed by atoms with E-state index in [-0.39, 0.29) is 16.9 Å². The van der Waals surface area contributed by atoms with Crippen LogP contribution in [0, 0.1) is 5.92 Å². The van der Waals surface area contributed by atoms with Gasteiger partial charge in [0.05, 0.1) is 43.5 Å². The van der Waals surface area contributed by atoms with Crippen LogP contribution in [0.25, 0.3) is 39.3 Å². The van der Waals surface area contributed by atoms with E-state index in [0.29, 0.717) is 59.4 Å². The second kappa shape index (κ2) is 9.67. The zero-order chi connectivity index (χ0) is 28.4. The molecule has 11 nitrogen and oxygen atoms in total. The van der Waals surface area contributed by atoms with Gasteiger partial charge in [-0.15, -0.1) is 5.10 Å². The number of hydrogen-bond donors (Lipinski definition) is 1. The summed E-state index contributed by atoms with van der Waals surface area (Å²) in [5, 5.41) is 8.34. The Morgan fingerprint density at radius 3 is 2.52 bits per heavy atom. The molecule has 4 aromatic rings. The van der Waals surface area contributed by atoms with Crippen LogP contribution in [0.4, 0.5) is 5.69 Å². The summed E-state index contributed by atoms with van der Waals surface area (Å²) in [5.41, 5.74) is 4.05. The summed E-state index contributed by atoms with van der Waals surface area (Å²) in [6, 6.07) is 4.86. The van der Waals surface area contributed by atoms with Gasteiger partial charge in [-0.25, -0.2) is 21.5 Å². The van der Waals surface area contributed by atoms with Gasteiger partial charge in [0, 0.05) is 44.3 Å². The van der Waals surface area contributed by atoms with E-state index < -0.39 is 25.1 Å². The van der Waals surface area contributed by atoms with Crippen molar-refractivity contribution in [3.05, 3.63) is 36.7 Å². The maximum absolute atomic E-state index is 13.1. The number of nitrogens with zero attached hydrogens (tertiary/aromatic N) is 5. The van der Waals surface area contributed by atoms with E-state index in [0.717, 1.165) is 24.1 Å². The van der Waals surface area contributed by atoms with Crippen molar-refractivity contribution >= 4 is 53.6 Å². The lowest BCUT2D eigenvalue weighted by atomic mass is 9.92. The molecule has 4 heterocycles. The highest BCUT2D eigenvalue weighted by Gasteiger charge is 2.37. The highest BCUT2D eigenvalue weighted by atomic mass is 32.2.